The van der Waals surface area contributed by atoms with E-state index in [1.165, 1.54) is 44.1 Å². The maximum Gasteiger partial charge on any atom is 0.0271 e. The van der Waals surface area contributed by atoms with Crippen molar-refractivity contribution in [2.45, 2.75) is 58.0 Å². The molecular weight excluding hydrogens is 280 g/mol. The molecule has 0 aromatic carbocycles. The lowest BCUT2D eigenvalue weighted by molar-refractivity contribution is -0.0706. The Bertz CT molecular complexity index is 438. The van der Waals surface area contributed by atoms with E-state index in [1.54, 1.807) is 0 Å². The standard InChI is InChI=1S/C18H26N2.ClH/c1-13(20-12-14-2-4-19-5-3-14)18-9-15-6-16(10-18)8-17(7-15)11-18;/h2-5,13,15-17,20H,6-12H2,1H3;1H/p-1. The van der Waals surface area contributed by atoms with Crippen molar-refractivity contribution in [3.05, 3.63) is 30.1 Å². The molecule has 3 heteroatoms. The van der Waals surface area contributed by atoms with E-state index >= 15 is 0 Å². The van der Waals surface area contributed by atoms with Crippen LogP contribution in [0.1, 0.15) is 51.0 Å². The third-order valence-electron chi connectivity index (χ3n) is 6.37. The molecule has 1 atom stereocenters. The van der Waals surface area contributed by atoms with Crippen LogP contribution in [0, 0.1) is 23.2 Å². The van der Waals surface area contributed by atoms with Gasteiger partial charge >= 0.3 is 0 Å². The van der Waals surface area contributed by atoms with Crippen molar-refractivity contribution in [2.24, 2.45) is 23.2 Å². The van der Waals surface area contributed by atoms with Gasteiger partial charge in [-0.2, -0.15) is 0 Å². The molecule has 4 fully saturated rings. The molecule has 5 rings (SSSR count). The van der Waals surface area contributed by atoms with Crippen molar-refractivity contribution in [2.75, 3.05) is 0 Å². The van der Waals surface area contributed by atoms with Crippen LogP contribution in [0.4, 0.5) is 0 Å². The van der Waals surface area contributed by atoms with Crippen LogP contribution in [0.15, 0.2) is 24.5 Å². The first kappa shape index (κ1) is 15.3. The van der Waals surface area contributed by atoms with E-state index in [1.807, 2.05) is 12.4 Å². The molecule has 116 valence electrons. The average Bonchev–Trinajstić information content (AvgIpc) is 2.44. The molecule has 0 saturated heterocycles. The van der Waals surface area contributed by atoms with Gasteiger partial charge in [0, 0.05) is 25.0 Å². The van der Waals surface area contributed by atoms with Gasteiger partial charge in [-0.1, -0.05) is 0 Å². The molecule has 1 aromatic rings. The Morgan fingerprint density at radius 2 is 1.62 bits per heavy atom. The van der Waals surface area contributed by atoms with Crippen LogP contribution in [0.5, 0.6) is 0 Å². The topological polar surface area (TPSA) is 24.9 Å². The van der Waals surface area contributed by atoms with Crippen LogP contribution in [-0.4, -0.2) is 11.0 Å². The number of aromatic nitrogens is 1. The highest BCUT2D eigenvalue weighted by atomic mass is 35.5. The van der Waals surface area contributed by atoms with Gasteiger partial charge < -0.3 is 17.7 Å². The summed E-state index contributed by atoms with van der Waals surface area (Å²) >= 11 is 0. The highest BCUT2D eigenvalue weighted by Gasteiger charge is 2.52. The Kier molecular flexibility index (Phi) is 4.29. The molecule has 0 amide bonds. The normalized spacial score (nSPS) is 38.0. The summed E-state index contributed by atoms with van der Waals surface area (Å²) in [4.78, 5) is 4.10. The molecule has 1 heterocycles. The zero-order valence-electron chi connectivity index (χ0n) is 12.9. The minimum Gasteiger partial charge on any atom is -1.00 e. The van der Waals surface area contributed by atoms with Crippen molar-refractivity contribution in [1.82, 2.24) is 10.3 Å². The maximum atomic E-state index is 4.10. The first-order valence-corrected chi connectivity index (χ1v) is 8.36. The third-order valence-corrected chi connectivity index (χ3v) is 6.37. The van der Waals surface area contributed by atoms with Gasteiger partial charge in [0.15, 0.2) is 0 Å². The Morgan fingerprint density at radius 1 is 1.10 bits per heavy atom. The first-order chi connectivity index (χ1) is 9.73. The zero-order chi connectivity index (χ0) is 13.6. The number of rotatable bonds is 4. The van der Waals surface area contributed by atoms with E-state index in [-0.39, 0.29) is 12.4 Å². The molecule has 4 bridgehead atoms. The van der Waals surface area contributed by atoms with Crippen molar-refractivity contribution >= 4 is 0 Å². The summed E-state index contributed by atoms with van der Waals surface area (Å²) < 4.78 is 0. The number of hydrogen-bond acceptors (Lipinski definition) is 2. The maximum absolute atomic E-state index is 4.10. The summed E-state index contributed by atoms with van der Waals surface area (Å²) in [6, 6.07) is 4.91. The van der Waals surface area contributed by atoms with Gasteiger partial charge in [0.05, 0.1) is 0 Å². The van der Waals surface area contributed by atoms with Gasteiger partial charge in [0.1, 0.15) is 0 Å². The molecule has 0 aliphatic heterocycles. The summed E-state index contributed by atoms with van der Waals surface area (Å²) in [7, 11) is 0. The fraction of sp³-hybridized carbons (Fsp3) is 0.722. The molecule has 1 aromatic heterocycles. The van der Waals surface area contributed by atoms with Gasteiger partial charge in [-0.15, -0.1) is 0 Å². The Hall–Kier alpha value is -0.600. The first-order valence-electron chi connectivity index (χ1n) is 8.36. The molecule has 1 N–H and O–H groups in total. The van der Waals surface area contributed by atoms with Crippen molar-refractivity contribution in [3.8, 4) is 0 Å². The predicted molar refractivity (Wildman–Crippen MR) is 81.1 cm³/mol. The second-order valence-corrected chi connectivity index (χ2v) is 7.74. The van der Waals surface area contributed by atoms with Crippen LogP contribution < -0.4 is 17.7 Å². The van der Waals surface area contributed by atoms with Gasteiger partial charge in [-0.3, -0.25) is 4.98 Å². The summed E-state index contributed by atoms with van der Waals surface area (Å²) in [5.74, 6) is 3.14. The molecule has 1 unspecified atom stereocenters. The second-order valence-electron chi connectivity index (χ2n) is 7.74. The Balaban J connectivity index is 0.00000132. The Labute approximate surface area is 134 Å². The molecule has 4 saturated carbocycles. The fourth-order valence-electron chi connectivity index (χ4n) is 5.70. The van der Waals surface area contributed by atoms with Gasteiger partial charge in [0.25, 0.3) is 0 Å². The predicted octanol–water partition coefficient (Wildman–Crippen LogP) is 0.780. The summed E-state index contributed by atoms with van der Waals surface area (Å²) in [5, 5.41) is 3.83. The summed E-state index contributed by atoms with van der Waals surface area (Å²) in [6.45, 7) is 3.43. The van der Waals surface area contributed by atoms with Crippen LogP contribution in [0.2, 0.25) is 0 Å². The van der Waals surface area contributed by atoms with Gasteiger partial charge in [-0.25, -0.2) is 0 Å². The van der Waals surface area contributed by atoms with E-state index in [0.29, 0.717) is 11.5 Å². The summed E-state index contributed by atoms with van der Waals surface area (Å²) in [5.41, 5.74) is 1.97. The molecule has 0 spiro atoms. The second kappa shape index (κ2) is 5.89. The van der Waals surface area contributed by atoms with Crippen molar-refractivity contribution in [3.63, 3.8) is 0 Å². The number of pyridine rings is 1. The number of nitrogens with zero attached hydrogens (tertiary/aromatic N) is 1. The van der Waals surface area contributed by atoms with E-state index in [0.717, 1.165) is 24.3 Å². The Morgan fingerprint density at radius 3 is 2.14 bits per heavy atom. The monoisotopic (exact) mass is 305 g/mol. The quantitative estimate of drug-likeness (QED) is 0.889. The number of hydrogen-bond donors (Lipinski definition) is 1. The van der Waals surface area contributed by atoms with E-state index in [9.17, 15) is 0 Å². The number of nitrogens with one attached hydrogen (secondary N) is 1. The molecule has 2 nitrogen and oxygen atoms in total. The lowest BCUT2D eigenvalue weighted by atomic mass is 9.48. The van der Waals surface area contributed by atoms with Crippen LogP contribution in [0.3, 0.4) is 0 Å². The average molecular weight is 306 g/mol. The zero-order valence-corrected chi connectivity index (χ0v) is 13.6. The molecule has 21 heavy (non-hydrogen) atoms. The molecule has 4 aliphatic rings. The lowest BCUT2D eigenvalue weighted by Gasteiger charge is -2.59. The molecule has 4 aliphatic carbocycles. The van der Waals surface area contributed by atoms with Crippen LogP contribution in [-0.2, 0) is 6.54 Å². The summed E-state index contributed by atoms with van der Waals surface area (Å²) in [6.07, 6.45) is 12.9. The molecule has 0 radical (unpaired) electrons. The number of halogens is 1. The van der Waals surface area contributed by atoms with Crippen molar-refractivity contribution in [1.29, 1.82) is 0 Å². The fourth-order valence-corrected chi connectivity index (χ4v) is 5.70. The van der Waals surface area contributed by atoms with E-state index < -0.39 is 0 Å². The van der Waals surface area contributed by atoms with Crippen molar-refractivity contribution < 1.29 is 12.4 Å². The van der Waals surface area contributed by atoms with E-state index in [2.05, 4.69) is 29.4 Å². The highest BCUT2D eigenvalue weighted by molar-refractivity contribution is 5.10. The SMILES string of the molecule is CC(NCc1ccncc1)C12CC3CC(CC(C3)C1)C2.[Cl-]. The van der Waals surface area contributed by atoms with E-state index in [4.69, 9.17) is 0 Å². The smallest absolute Gasteiger partial charge is 0.0271 e. The third kappa shape index (κ3) is 2.85. The van der Waals surface area contributed by atoms with Crippen LogP contribution >= 0.6 is 0 Å². The van der Waals surface area contributed by atoms with Crippen LogP contribution in [0.25, 0.3) is 0 Å². The van der Waals surface area contributed by atoms with Gasteiger partial charge in [0.2, 0.25) is 0 Å². The lowest BCUT2D eigenvalue weighted by Crippen LogP contribution is -3.00. The molecular formula is C18H26ClN2-. The minimum atomic E-state index is 0. The van der Waals surface area contributed by atoms with Gasteiger partial charge in [-0.05, 0) is 86.3 Å². The highest BCUT2D eigenvalue weighted by Crippen LogP contribution is 2.61. The minimum absolute atomic E-state index is 0. The largest absolute Gasteiger partial charge is 1.00 e.